The van der Waals surface area contributed by atoms with E-state index in [2.05, 4.69) is 18.2 Å². The van der Waals surface area contributed by atoms with Gasteiger partial charge >= 0.3 is 5.97 Å². The van der Waals surface area contributed by atoms with E-state index in [9.17, 15) is 4.79 Å². The molecule has 2 aromatic carbocycles. The highest BCUT2D eigenvalue weighted by molar-refractivity contribution is 7.99. The predicted molar refractivity (Wildman–Crippen MR) is 131 cm³/mol. The average Bonchev–Trinajstić information content (AvgIpc) is 2.80. The molecule has 0 aliphatic carbocycles. The molecule has 6 nitrogen and oxygen atoms in total. The largest absolute Gasteiger partial charge is 0.497 e. The minimum atomic E-state index is -0.349. The molecule has 0 saturated carbocycles. The molecular formula is C25H36N2O4S. The molecule has 0 unspecified atom stereocenters. The number of carbonyl (C=O) groups excluding carboxylic acids is 1. The monoisotopic (exact) mass is 460 g/mol. The normalized spacial score (nSPS) is 12.9. The molecule has 0 radical (unpaired) electrons. The maximum atomic E-state index is 12.3. The molecule has 0 saturated heterocycles. The Morgan fingerprint density at radius 3 is 2.47 bits per heavy atom. The SMILES string of the molecule is COc1ccc(CCc2ccccc2OC[C@@H](CN(C)C)OC(=O)CC[C@H](N)SC)cc1. The minimum absolute atomic E-state index is 0.0522. The second kappa shape index (κ2) is 14.0. The molecule has 2 N–H and O–H groups in total. The lowest BCUT2D eigenvalue weighted by Crippen LogP contribution is -2.35. The first kappa shape index (κ1) is 26.0. The first-order valence-electron chi connectivity index (χ1n) is 10.9. The average molecular weight is 461 g/mol. The number of rotatable bonds is 14. The van der Waals surface area contributed by atoms with Gasteiger partial charge in [-0.15, -0.1) is 11.8 Å². The summed E-state index contributed by atoms with van der Waals surface area (Å²) in [4.78, 5) is 14.3. The maximum Gasteiger partial charge on any atom is 0.306 e. The number of benzene rings is 2. The van der Waals surface area contributed by atoms with E-state index in [0.717, 1.165) is 29.9 Å². The molecule has 176 valence electrons. The summed E-state index contributed by atoms with van der Waals surface area (Å²) in [5, 5.41) is -0.0522. The highest BCUT2D eigenvalue weighted by Crippen LogP contribution is 2.21. The summed E-state index contributed by atoms with van der Waals surface area (Å²) in [7, 11) is 5.57. The molecule has 0 aromatic heterocycles. The van der Waals surface area contributed by atoms with E-state index in [4.69, 9.17) is 19.9 Å². The van der Waals surface area contributed by atoms with Crippen LogP contribution in [0.25, 0.3) is 0 Å². The molecular weight excluding hydrogens is 424 g/mol. The Balaban J connectivity index is 1.94. The number of ether oxygens (including phenoxy) is 3. The van der Waals surface area contributed by atoms with Crippen molar-refractivity contribution in [3.05, 3.63) is 59.7 Å². The van der Waals surface area contributed by atoms with Gasteiger partial charge in [-0.25, -0.2) is 0 Å². The zero-order chi connectivity index (χ0) is 23.3. The molecule has 0 spiro atoms. The summed E-state index contributed by atoms with van der Waals surface area (Å²) in [5.74, 6) is 1.44. The van der Waals surface area contributed by atoms with Crippen LogP contribution in [-0.2, 0) is 22.4 Å². The van der Waals surface area contributed by atoms with E-state index in [1.54, 1.807) is 18.9 Å². The van der Waals surface area contributed by atoms with E-state index in [1.165, 1.54) is 5.56 Å². The molecule has 0 bridgehead atoms. The van der Waals surface area contributed by atoms with Crippen molar-refractivity contribution in [2.24, 2.45) is 5.73 Å². The van der Waals surface area contributed by atoms with Crippen LogP contribution in [0.3, 0.4) is 0 Å². The fourth-order valence-electron chi connectivity index (χ4n) is 3.26. The Labute approximate surface area is 196 Å². The van der Waals surface area contributed by atoms with Gasteiger partial charge < -0.3 is 24.8 Å². The minimum Gasteiger partial charge on any atom is -0.497 e. The van der Waals surface area contributed by atoms with Gasteiger partial charge in [-0.2, -0.15) is 0 Å². The van der Waals surface area contributed by atoms with E-state index in [-0.39, 0.29) is 17.4 Å². The standard InChI is InChI=1S/C25H36N2O4S/c1-27(2)17-22(31-25(28)16-15-24(26)32-4)18-30-23-8-6-5-7-20(23)12-9-19-10-13-21(29-3)14-11-19/h5-8,10-11,13-14,22,24H,9,12,15-18,26H2,1-4H3/t22-,24-/m1/s1. The van der Waals surface area contributed by atoms with Gasteiger partial charge in [-0.3, -0.25) is 4.79 Å². The van der Waals surface area contributed by atoms with Crippen molar-refractivity contribution in [3.63, 3.8) is 0 Å². The predicted octanol–water partition coefficient (Wildman–Crippen LogP) is 3.76. The van der Waals surface area contributed by atoms with Crippen LogP contribution < -0.4 is 15.2 Å². The summed E-state index contributed by atoms with van der Waals surface area (Å²) >= 11 is 1.54. The second-order valence-corrected chi connectivity index (χ2v) is 9.03. The third-order valence-electron chi connectivity index (χ3n) is 5.04. The molecule has 2 rings (SSSR count). The number of nitrogens with two attached hydrogens (primary N) is 1. The topological polar surface area (TPSA) is 74.0 Å². The third kappa shape index (κ3) is 9.51. The summed E-state index contributed by atoms with van der Waals surface area (Å²) in [6.07, 6.45) is 4.25. The second-order valence-electron chi connectivity index (χ2n) is 7.95. The number of methoxy groups -OCH3 is 1. The molecule has 32 heavy (non-hydrogen) atoms. The molecule has 0 fully saturated rings. The Bertz CT molecular complexity index is 814. The van der Waals surface area contributed by atoms with Crippen molar-refractivity contribution in [3.8, 4) is 11.5 Å². The van der Waals surface area contributed by atoms with Crippen molar-refractivity contribution >= 4 is 17.7 Å². The number of nitrogens with zero attached hydrogens (tertiary/aromatic N) is 1. The zero-order valence-electron chi connectivity index (χ0n) is 19.6. The molecule has 0 amide bonds. The van der Waals surface area contributed by atoms with Crippen molar-refractivity contribution in [2.45, 2.75) is 37.2 Å². The van der Waals surface area contributed by atoms with Gasteiger partial charge in [0.2, 0.25) is 0 Å². The molecule has 2 atom stereocenters. The lowest BCUT2D eigenvalue weighted by molar-refractivity contribution is -0.151. The van der Waals surface area contributed by atoms with Crippen molar-refractivity contribution in [2.75, 3.05) is 40.6 Å². The Morgan fingerprint density at radius 2 is 1.81 bits per heavy atom. The number of carbonyl (C=O) groups is 1. The van der Waals surface area contributed by atoms with E-state index < -0.39 is 0 Å². The summed E-state index contributed by atoms with van der Waals surface area (Å²) < 4.78 is 17.0. The summed E-state index contributed by atoms with van der Waals surface area (Å²) in [6, 6.07) is 16.1. The number of para-hydroxylation sites is 1. The lowest BCUT2D eigenvalue weighted by atomic mass is 10.0. The van der Waals surface area contributed by atoms with Crippen LogP contribution in [0.4, 0.5) is 0 Å². The van der Waals surface area contributed by atoms with Gasteiger partial charge in [0.25, 0.3) is 0 Å². The summed E-state index contributed by atoms with van der Waals surface area (Å²) in [6.45, 7) is 0.895. The first-order valence-corrected chi connectivity index (χ1v) is 12.2. The fraction of sp³-hybridized carbons (Fsp3) is 0.480. The highest BCUT2D eigenvalue weighted by atomic mass is 32.2. The molecule has 2 aromatic rings. The van der Waals surface area contributed by atoms with Crippen molar-refractivity contribution in [1.29, 1.82) is 0 Å². The smallest absolute Gasteiger partial charge is 0.306 e. The van der Waals surface area contributed by atoms with Gasteiger partial charge in [0, 0.05) is 13.0 Å². The summed E-state index contributed by atoms with van der Waals surface area (Å²) in [5.41, 5.74) is 8.25. The quantitative estimate of drug-likeness (QED) is 0.340. The third-order valence-corrected chi connectivity index (χ3v) is 5.88. The van der Waals surface area contributed by atoms with Crippen LogP contribution >= 0.6 is 11.8 Å². The maximum absolute atomic E-state index is 12.3. The zero-order valence-corrected chi connectivity index (χ0v) is 20.4. The van der Waals surface area contributed by atoms with Crippen molar-refractivity contribution in [1.82, 2.24) is 4.90 Å². The van der Waals surface area contributed by atoms with Gasteiger partial charge in [-0.05, 0) is 68.9 Å². The number of hydrogen-bond donors (Lipinski definition) is 1. The molecule has 0 heterocycles. The van der Waals surface area contributed by atoms with Crippen LogP contribution in [0.2, 0.25) is 0 Å². The molecule has 0 aliphatic heterocycles. The Hall–Kier alpha value is -2.22. The number of likely N-dealkylation sites (N-methyl/N-ethyl adjacent to an activating group) is 1. The van der Waals surface area contributed by atoms with Crippen LogP contribution in [0.15, 0.2) is 48.5 Å². The number of thioether (sulfide) groups is 1. The molecule has 7 heteroatoms. The fourth-order valence-corrected chi connectivity index (χ4v) is 3.61. The van der Waals surface area contributed by atoms with Gasteiger partial charge in [0.1, 0.15) is 24.2 Å². The van der Waals surface area contributed by atoms with E-state index >= 15 is 0 Å². The van der Waals surface area contributed by atoms with Crippen LogP contribution in [0, 0.1) is 0 Å². The Morgan fingerprint density at radius 1 is 1.09 bits per heavy atom. The number of esters is 1. The van der Waals surface area contributed by atoms with Gasteiger partial charge in [0.05, 0.1) is 12.5 Å². The van der Waals surface area contributed by atoms with Crippen LogP contribution in [0.5, 0.6) is 11.5 Å². The highest BCUT2D eigenvalue weighted by Gasteiger charge is 2.18. The number of aryl methyl sites for hydroxylation is 2. The number of hydrogen-bond acceptors (Lipinski definition) is 7. The van der Waals surface area contributed by atoms with Gasteiger partial charge in [0.15, 0.2) is 0 Å². The van der Waals surface area contributed by atoms with E-state index in [0.29, 0.717) is 26.0 Å². The van der Waals surface area contributed by atoms with E-state index in [1.807, 2.05) is 55.6 Å². The molecule has 0 aliphatic rings. The van der Waals surface area contributed by atoms with Gasteiger partial charge in [-0.1, -0.05) is 30.3 Å². The van der Waals surface area contributed by atoms with Crippen LogP contribution in [-0.4, -0.2) is 63.0 Å². The van der Waals surface area contributed by atoms with Crippen LogP contribution in [0.1, 0.15) is 24.0 Å². The first-order chi connectivity index (χ1) is 15.4. The lowest BCUT2D eigenvalue weighted by Gasteiger charge is -2.23. The van der Waals surface area contributed by atoms with Crippen molar-refractivity contribution < 1.29 is 19.0 Å². The Kier molecular flexibility index (Phi) is 11.4.